The zero-order valence-corrected chi connectivity index (χ0v) is 14.5. The molecule has 2 saturated carbocycles. The Labute approximate surface area is 148 Å². The van der Waals surface area contributed by atoms with Crippen LogP contribution in [0.2, 0.25) is 0 Å². The summed E-state index contributed by atoms with van der Waals surface area (Å²) in [5, 5.41) is 22.5. The lowest BCUT2D eigenvalue weighted by Gasteiger charge is -2.63. The second-order valence-corrected chi connectivity index (χ2v) is 8.91. The van der Waals surface area contributed by atoms with Gasteiger partial charge in [-0.3, -0.25) is 4.90 Å². The molecule has 0 amide bonds. The summed E-state index contributed by atoms with van der Waals surface area (Å²) in [6, 6.07) is 3.96. The summed E-state index contributed by atoms with van der Waals surface area (Å²) in [7, 11) is 0. The maximum atomic E-state index is 12.1. The maximum absolute atomic E-state index is 12.1. The standard InChI is InChI=1S/C21H25NO3/c1-12-6-7-21(24)16-10-14-4-5-15(23)18-17(14)20(21,19(12)25-18)8-9-22(16)11-13-2-3-13/h4-5,13,16,19,23-24H,1-3,6-11H2/t16-,19+,20+,21+/m1/s1. The van der Waals surface area contributed by atoms with E-state index in [1.54, 1.807) is 6.07 Å². The molecule has 4 heteroatoms. The molecule has 0 radical (unpaired) electrons. The number of ether oxygens (including phenoxy) is 1. The Bertz CT molecular complexity index is 801. The van der Waals surface area contributed by atoms with Crippen molar-refractivity contribution in [2.45, 2.75) is 61.7 Å². The first-order chi connectivity index (χ1) is 12.0. The first-order valence-electron chi connectivity index (χ1n) is 9.71. The fraction of sp³-hybridized carbons (Fsp3) is 0.619. The van der Waals surface area contributed by atoms with Crippen LogP contribution in [0.25, 0.3) is 0 Å². The number of nitrogens with zero attached hydrogens (tertiary/aromatic N) is 1. The van der Waals surface area contributed by atoms with Gasteiger partial charge in [0.2, 0.25) is 0 Å². The number of likely N-dealkylation sites (tertiary alicyclic amines) is 1. The van der Waals surface area contributed by atoms with E-state index in [0.29, 0.717) is 5.75 Å². The van der Waals surface area contributed by atoms with Crippen molar-refractivity contribution in [3.05, 3.63) is 35.4 Å². The highest BCUT2D eigenvalue weighted by molar-refractivity contribution is 5.63. The van der Waals surface area contributed by atoms with E-state index in [9.17, 15) is 10.2 Å². The number of piperidine rings is 1. The number of rotatable bonds is 2. The molecular formula is C21H25NO3. The van der Waals surface area contributed by atoms with Gasteiger partial charge in [-0.15, -0.1) is 0 Å². The Balaban J connectivity index is 1.58. The lowest BCUT2D eigenvalue weighted by atomic mass is 9.48. The van der Waals surface area contributed by atoms with Gasteiger partial charge in [0.25, 0.3) is 0 Å². The van der Waals surface area contributed by atoms with Crippen LogP contribution < -0.4 is 4.74 Å². The average molecular weight is 339 g/mol. The SMILES string of the molecule is C=C1CC[C@]2(O)[C@H]3Cc4ccc(O)c5c4[C@@]2(CCN3CC2CC2)[C@H]1O5. The molecule has 25 heavy (non-hydrogen) atoms. The highest BCUT2D eigenvalue weighted by Crippen LogP contribution is 2.66. The molecule has 3 aliphatic carbocycles. The third-order valence-corrected chi connectivity index (χ3v) is 7.71. The quantitative estimate of drug-likeness (QED) is 0.813. The minimum absolute atomic E-state index is 0.157. The zero-order chi connectivity index (χ0) is 17.0. The predicted octanol–water partition coefficient (Wildman–Crippen LogP) is 2.51. The molecule has 4 atom stereocenters. The van der Waals surface area contributed by atoms with Crippen LogP contribution in [0.15, 0.2) is 24.3 Å². The van der Waals surface area contributed by atoms with Gasteiger partial charge in [0.1, 0.15) is 6.10 Å². The molecule has 1 spiro atoms. The summed E-state index contributed by atoms with van der Waals surface area (Å²) in [6.07, 6.45) is 5.79. The molecule has 0 unspecified atom stereocenters. The van der Waals surface area contributed by atoms with Crippen molar-refractivity contribution in [1.82, 2.24) is 4.90 Å². The van der Waals surface area contributed by atoms with Gasteiger partial charge in [0.15, 0.2) is 11.5 Å². The molecule has 2 N–H and O–H groups in total. The average Bonchev–Trinajstić information content (AvgIpc) is 3.32. The summed E-state index contributed by atoms with van der Waals surface area (Å²) in [4.78, 5) is 2.56. The zero-order valence-electron chi connectivity index (χ0n) is 14.5. The molecule has 2 aliphatic heterocycles. The summed E-state index contributed by atoms with van der Waals surface area (Å²) in [5.41, 5.74) is 2.21. The number of aromatic hydroxyl groups is 1. The van der Waals surface area contributed by atoms with Gasteiger partial charge in [0.05, 0.1) is 11.0 Å². The summed E-state index contributed by atoms with van der Waals surface area (Å²) < 4.78 is 6.29. The topological polar surface area (TPSA) is 52.9 Å². The van der Waals surface area contributed by atoms with E-state index in [4.69, 9.17) is 4.74 Å². The molecule has 1 aromatic rings. The molecule has 1 aromatic carbocycles. The van der Waals surface area contributed by atoms with Crippen molar-refractivity contribution in [2.75, 3.05) is 13.1 Å². The molecule has 6 rings (SSSR count). The Morgan fingerprint density at radius 3 is 2.92 bits per heavy atom. The van der Waals surface area contributed by atoms with Gasteiger partial charge in [-0.25, -0.2) is 0 Å². The highest BCUT2D eigenvalue weighted by atomic mass is 16.5. The van der Waals surface area contributed by atoms with Crippen LogP contribution in [0.5, 0.6) is 11.5 Å². The van der Waals surface area contributed by atoms with Crippen molar-refractivity contribution in [3.8, 4) is 11.5 Å². The molecule has 132 valence electrons. The lowest BCUT2D eigenvalue weighted by molar-refractivity contribution is -0.174. The third-order valence-electron chi connectivity index (χ3n) is 7.71. The smallest absolute Gasteiger partial charge is 0.166 e. The number of phenols is 1. The number of hydrogen-bond acceptors (Lipinski definition) is 4. The Hall–Kier alpha value is -1.52. The summed E-state index contributed by atoms with van der Waals surface area (Å²) in [6.45, 7) is 6.40. The van der Waals surface area contributed by atoms with Gasteiger partial charge in [-0.05, 0) is 68.2 Å². The summed E-state index contributed by atoms with van der Waals surface area (Å²) in [5.74, 6) is 1.64. The number of phenolic OH excluding ortho intramolecular Hbond substituents is 1. The predicted molar refractivity (Wildman–Crippen MR) is 93.9 cm³/mol. The first kappa shape index (κ1) is 14.6. The molecule has 2 heterocycles. The number of hydrogen-bond donors (Lipinski definition) is 2. The molecule has 0 aromatic heterocycles. The van der Waals surface area contributed by atoms with E-state index >= 15 is 0 Å². The van der Waals surface area contributed by atoms with Gasteiger partial charge < -0.3 is 14.9 Å². The Kier molecular flexibility index (Phi) is 2.58. The molecule has 1 saturated heterocycles. The van der Waals surface area contributed by atoms with Crippen LogP contribution in [0.3, 0.4) is 0 Å². The van der Waals surface area contributed by atoms with E-state index in [2.05, 4.69) is 11.5 Å². The Morgan fingerprint density at radius 1 is 1.28 bits per heavy atom. The van der Waals surface area contributed by atoms with Crippen molar-refractivity contribution in [2.24, 2.45) is 5.92 Å². The molecule has 5 aliphatic rings. The molecule has 4 nitrogen and oxygen atoms in total. The lowest BCUT2D eigenvalue weighted by Crippen LogP contribution is -2.75. The fourth-order valence-corrected chi connectivity index (χ4v) is 6.39. The van der Waals surface area contributed by atoms with Crippen molar-refractivity contribution < 1.29 is 14.9 Å². The van der Waals surface area contributed by atoms with E-state index < -0.39 is 11.0 Å². The van der Waals surface area contributed by atoms with Crippen LogP contribution in [-0.2, 0) is 11.8 Å². The van der Waals surface area contributed by atoms with Gasteiger partial charge in [-0.1, -0.05) is 12.6 Å². The van der Waals surface area contributed by atoms with Crippen LogP contribution >= 0.6 is 0 Å². The fourth-order valence-electron chi connectivity index (χ4n) is 6.39. The van der Waals surface area contributed by atoms with Crippen LogP contribution in [0, 0.1) is 5.92 Å². The first-order valence-corrected chi connectivity index (χ1v) is 9.71. The third kappa shape index (κ3) is 1.57. The minimum Gasteiger partial charge on any atom is -0.504 e. The van der Waals surface area contributed by atoms with Gasteiger partial charge in [-0.2, -0.15) is 0 Å². The van der Waals surface area contributed by atoms with Crippen LogP contribution in [0.4, 0.5) is 0 Å². The number of benzene rings is 1. The normalized spacial score (nSPS) is 41.4. The molecule has 2 bridgehead atoms. The Morgan fingerprint density at radius 2 is 2.12 bits per heavy atom. The second-order valence-electron chi connectivity index (χ2n) is 8.91. The van der Waals surface area contributed by atoms with Crippen LogP contribution in [-0.4, -0.2) is 45.9 Å². The summed E-state index contributed by atoms with van der Waals surface area (Å²) >= 11 is 0. The minimum atomic E-state index is -0.780. The van der Waals surface area contributed by atoms with Crippen molar-refractivity contribution in [3.63, 3.8) is 0 Å². The molecular weight excluding hydrogens is 314 g/mol. The van der Waals surface area contributed by atoms with Gasteiger partial charge in [0, 0.05) is 18.2 Å². The van der Waals surface area contributed by atoms with E-state index in [0.717, 1.165) is 55.8 Å². The van der Waals surface area contributed by atoms with Crippen LogP contribution in [0.1, 0.15) is 43.2 Å². The van der Waals surface area contributed by atoms with E-state index in [-0.39, 0.29) is 17.9 Å². The van der Waals surface area contributed by atoms with Gasteiger partial charge >= 0.3 is 0 Å². The monoisotopic (exact) mass is 339 g/mol. The van der Waals surface area contributed by atoms with Crippen molar-refractivity contribution in [1.29, 1.82) is 0 Å². The van der Waals surface area contributed by atoms with E-state index in [1.807, 2.05) is 6.07 Å². The number of aliphatic hydroxyl groups is 1. The second kappa shape index (κ2) is 4.41. The highest BCUT2D eigenvalue weighted by Gasteiger charge is 2.71. The maximum Gasteiger partial charge on any atom is 0.166 e. The largest absolute Gasteiger partial charge is 0.504 e. The van der Waals surface area contributed by atoms with E-state index in [1.165, 1.54) is 18.4 Å². The van der Waals surface area contributed by atoms with Crippen molar-refractivity contribution >= 4 is 0 Å². The molecule has 3 fully saturated rings.